The van der Waals surface area contributed by atoms with Gasteiger partial charge >= 0.3 is 0 Å². The van der Waals surface area contributed by atoms with Crippen molar-refractivity contribution in [2.75, 3.05) is 33.4 Å². The minimum absolute atomic E-state index is 0.167. The fourth-order valence-electron chi connectivity index (χ4n) is 2.27. The van der Waals surface area contributed by atoms with Crippen LogP contribution < -0.4 is 0 Å². The molecular weight excluding hydrogens is 178 g/mol. The van der Waals surface area contributed by atoms with E-state index in [0.717, 1.165) is 26.1 Å². The summed E-state index contributed by atoms with van der Waals surface area (Å²) < 4.78 is 11.2. The van der Waals surface area contributed by atoms with Gasteiger partial charge in [0.2, 0.25) is 0 Å². The Labute approximate surface area is 87.4 Å². The maximum Gasteiger partial charge on any atom is 0.144 e. The Morgan fingerprint density at radius 1 is 1.21 bits per heavy atom. The Morgan fingerprint density at radius 2 is 1.86 bits per heavy atom. The van der Waals surface area contributed by atoms with Crippen LogP contribution in [0.3, 0.4) is 0 Å². The van der Waals surface area contributed by atoms with Crippen LogP contribution in [0.25, 0.3) is 0 Å². The second-order valence-electron chi connectivity index (χ2n) is 3.86. The minimum atomic E-state index is -0.167. The molecule has 1 unspecified atom stereocenters. The molecule has 1 atom stereocenters. The summed E-state index contributed by atoms with van der Waals surface area (Å²) in [6, 6.07) is 0. The lowest BCUT2D eigenvalue weighted by molar-refractivity contribution is -0.178. The minimum Gasteiger partial charge on any atom is -0.380 e. The van der Waals surface area contributed by atoms with Gasteiger partial charge in [-0.1, -0.05) is 6.92 Å². The molecule has 1 fully saturated rings. The SMILES string of the molecule is CCOC(CC)(COC)N1CCCC1. The van der Waals surface area contributed by atoms with Gasteiger partial charge in [0.05, 0.1) is 6.61 Å². The zero-order valence-electron chi connectivity index (χ0n) is 9.71. The summed E-state index contributed by atoms with van der Waals surface area (Å²) in [5, 5.41) is 0. The lowest BCUT2D eigenvalue weighted by atomic mass is 10.1. The van der Waals surface area contributed by atoms with Crippen molar-refractivity contribution in [1.82, 2.24) is 4.90 Å². The van der Waals surface area contributed by atoms with E-state index in [4.69, 9.17) is 9.47 Å². The van der Waals surface area contributed by atoms with Gasteiger partial charge in [-0.25, -0.2) is 0 Å². The van der Waals surface area contributed by atoms with E-state index in [-0.39, 0.29) is 5.72 Å². The van der Waals surface area contributed by atoms with Crippen LogP contribution in [0, 0.1) is 0 Å². The molecule has 14 heavy (non-hydrogen) atoms. The Kier molecular flexibility index (Phi) is 4.85. The first-order valence-corrected chi connectivity index (χ1v) is 5.67. The zero-order chi connectivity index (χ0) is 10.4. The monoisotopic (exact) mass is 201 g/mol. The molecular formula is C11H23NO2. The van der Waals surface area contributed by atoms with Crippen LogP contribution in [0.1, 0.15) is 33.1 Å². The number of nitrogens with zero attached hydrogens (tertiary/aromatic N) is 1. The summed E-state index contributed by atoms with van der Waals surface area (Å²) in [7, 11) is 1.75. The van der Waals surface area contributed by atoms with Gasteiger partial charge in [0.1, 0.15) is 5.72 Å². The Balaban J connectivity index is 2.64. The standard InChI is InChI=1S/C11H23NO2/c1-4-11(10-13-3,14-5-2)12-8-6-7-9-12/h4-10H2,1-3H3. The van der Waals surface area contributed by atoms with Gasteiger partial charge in [0.25, 0.3) is 0 Å². The molecule has 3 heteroatoms. The molecule has 1 aliphatic heterocycles. The van der Waals surface area contributed by atoms with Gasteiger partial charge in [-0.05, 0) is 26.2 Å². The molecule has 1 heterocycles. The topological polar surface area (TPSA) is 21.7 Å². The predicted octanol–water partition coefficient (Wildman–Crippen LogP) is 1.87. The zero-order valence-corrected chi connectivity index (χ0v) is 9.71. The predicted molar refractivity (Wildman–Crippen MR) is 57.3 cm³/mol. The van der Waals surface area contributed by atoms with Crippen molar-refractivity contribution >= 4 is 0 Å². The average Bonchev–Trinajstić information content (AvgIpc) is 2.70. The molecule has 1 aliphatic rings. The van der Waals surface area contributed by atoms with Crippen molar-refractivity contribution in [1.29, 1.82) is 0 Å². The smallest absolute Gasteiger partial charge is 0.144 e. The van der Waals surface area contributed by atoms with Crippen molar-refractivity contribution < 1.29 is 9.47 Å². The van der Waals surface area contributed by atoms with Gasteiger partial charge < -0.3 is 9.47 Å². The van der Waals surface area contributed by atoms with Crippen molar-refractivity contribution in [2.45, 2.75) is 38.8 Å². The fraction of sp³-hybridized carbons (Fsp3) is 1.00. The number of ether oxygens (including phenoxy) is 2. The average molecular weight is 201 g/mol. The molecule has 84 valence electrons. The Hall–Kier alpha value is -0.120. The molecule has 0 radical (unpaired) electrons. The van der Waals surface area contributed by atoms with E-state index in [1.807, 2.05) is 0 Å². The van der Waals surface area contributed by atoms with Crippen LogP contribution >= 0.6 is 0 Å². The number of rotatable bonds is 6. The summed E-state index contributed by atoms with van der Waals surface area (Å²) >= 11 is 0. The van der Waals surface area contributed by atoms with E-state index < -0.39 is 0 Å². The van der Waals surface area contributed by atoms with E-state index >= 15 is 0 Å². The van der Waals surface area contributed by atoms with Crippen LogP contribution in [0.4, 0.5) is 0 Å². The first kappa shape index (κ1) is 12.0. The number of methoxy groups -OCH3 is 1. The molecule has 0 aliphatic carbocycles. The second-order valence-corrected chi connectivity index (χ2v) is 3.86. The molecule has 0 bridgehead atoms. The molecule has 1 saturated heterocycles. The fourth-order valence-corrected chi connectivity index (χ4v) is 2.27. The van der Waals surface area contributed by atoms with Gasteiger partial charge in [-0.2, -0.15) is 0 Å². The molecule has 1 rings (SSSR count). The van der Waals surface area contributed by atoms with Crippen molar-refractivity contribution in [3.05, 3.63) is 0 Å². The Bertz CT molecular complexity index is 149. The third-order valence-electron chi connectivity index (χ3n) is 3.02. The van der Waals surface area contributed by atoms with Crippen LogP contribution in [0.5, 0.6) is 0 Å². The first-order valence-electron chi connectivity index (χ1n) is 5.67. The number of hydrogen-bond acceptors (Lipinski definition) is 3. The Morgan fingerprint density at radius 3 is 2.29 bits per heavy atom. The third-order valence-corrected chi connectivity index (χ3v) is 3.02. The van der Waals surface area contributed by atoms with Crippen molar-refractivity contribution in [3.8, 4) is 0 Å². The van der Waals surface area contributed by atoms with Crippen molar-refractivity contribution in [2.24, 2.45) is 0 Å². The molecule has 0 aromatic rings. The number of likely N-dealkylation sites (tertiary alicyclic amines) is 1. The molecule has 0 spiro atoms. The maximum absolute atomic E-state index is 5.90. The van der Waals surface area contributed by atoms with E-state index in [1.54, 1.807) is 7.11 Å². The summed E-state index contributed by atoms with van der Waals surface area (Å²) in [6.07, 6.45) is 3.58. The summed E-state index contributed by atoms with van der Waals surface area (Å²) in [5.41, 5.74) is -0.167. The van der Waals surface area contributed by atoms with E-state index in [1.165, 1.54) is 12.8 Å². The lowest BCUT2D eigenvalue weighted by Gasteiger charge is -2.40. The number of hydrogen-bond donors (Lipinski definition) is 0. The molecule has 0 amide bonds. The van der Waals surface area contributed by atoms with Crippen molar-refractivity contribution in [3.63, 3.8) is 0 Å². The van der Waals surface area contributed by atoms with Gasteiger partial charge in [-0.15, -0.1) is 0 Å². The van der Waals surface area contributed by atoms with Gasteiger partial charge in [0.15, 0.2) is 0 Å². The summed E-state index contributed by atoms with van der Waals surface area (Å²) in [5.74, 6) is 0. The quantitative estimate of drug-likeness (QED) is 0.655. The second kappa shape index (κ2) is 5.69. The molecule has 0 aromatic carbocycles. The summed E-state index contributed by atoms with van der Waals surface area (Å²) in [4.78, 5) is 2.43. The molecule has 0 N–H and O–H groups in total. The van der Waals surface area contributed by atoms with E-state index in [2.05, 4.69) is 18.7 Å². The van der Waals surface area contributed by atoms with Crippen LogP contribution in [-0.4, -0.2) is 44.0 Å². The molecule has 0 saturated carbocycles. The highest BCUT2D eigenvalue weighted by Gasteiger charge is 2.37. The summed E-state index contributed by atoms with van der Waals surface area (Å²) in [6.45, 7) is 7.96. The highest BCUT2D eigenvalue weighted by atomic mass is 16.6. The van der Waals surface area contributed by atoms with Gasteiger partial charge in [0, 0.05) is 26.8 Å². The van der Waals surface area contributed by atoms with Gasteiger partial charge in [-0.3, -0.25) is 4.90 Å². The third kappa shape index (κ3) is 2.47. The molecule has 0 aromatic heterocycles. The van der Waals surface area contributed by atoms with Crippen LogP contribution in [0.2, 0.25) is 0 Å². The lowest BCUT2D eigenvalue weighted by Crippen LogP contribution is -2.52. The van der Waals surface area contributed by atoms with E-state index in [0.29, 0.717) is 6.61 Å². The van der Waals surface area contributed by atoms with Crippen LogP contribution in [-0.2, 0) is 9.47 Å². The highest BCUT2D eigenvalue weighted by molar-refractivity contribution is 4.83. The first-order chi connectivity index (χ1) is 6.79. The maximum atomic E-state index is 5.90. The van der Waals surface area contributed by atoms with E-state index in [9.17, 15) is 0 Å². The molecule has 3 nitrogen and oxygen atoms in total. The largest absolute Gasteiger partial charge is 0.380 e. The van der Waals surface area contributed by atoms with Crippen LogP contribution in [0.15, 0.2) is 0 Å². The normalized spacial score (nSPS) is 22.5. The highest BCUT2D eigenvalue weighted by Crippen LogP contribution is 2.26.